The number of aromatic amines is 1. The van der Waals surface area contributed by atoms with Crippen LogP contribution >= 0.6 is 34.9 Å². The lowest BCUT2D eigenvalue weighted by molar-refractivity contribution is -0.132. The van der Waals surface area contributed by atoms with Crippen molar-refractivity contribution in [3.8, 4) is 10.7 Å². The van der Waals surface area contributed by atoms with E-state index in [0.717, 1.165) is 30.1 Å². The zero-order valence-electron chi connectivity index (χ0n) is 13.6. The number of carbonyl (C=O) groups excluding carboxylic acids is 1. The number of carbonyl (C=O) groups is 1. The second kappa shape index (κ2) is 7.23. The number of rotatable bonds is 5. The van der Waals surface area contributed by atoms with Gasteiger partial charge in [0, 0.05) is 19.5 Å². The van der Waals surface area contributed by atoms with E-state index in [1.807, 2.05) is 27.0 Å². The monoisotopic (exact) mass is 390 g/mol. The van der Waals surface area contributed by atoms with Crippen LogP contribution in [0, 0.1) is 4.77 Å². The summed E-state index contributed by atoms with van der Waals surface area (Å²) in [7, 11) is 0. The zero-order chi connectivity index (χ0) is 17.2. The van der Waals surface area contributed by atoms with E-state index in [2.05, 4.69) is 27.0 Å². The number of amides is 1. The van der Waals surface area contributed by atoms with E-state index in [1.165, 1.54) is 5.56 Å². The SMILES string of the molecule is O=C(CCn1c(-c2cccs2)n[nH]c1=S)N1CCCC1c1ccsc1. The van der Waals surface area contributed by atoms with Crippen molar-refractivity contribution < 1.29 is 4.79 Å². The molecular formula is C17H18N4OS3. The normalized spacial score (nSPS) is 17.3. The average Bonchev–Trinajstić information content (AvgIpc) is 3.38. The molecule has 0 aliphatic carbocycles. The lowest BCUT2D eigenvalue weighted by Crippen LogP contribution is -2.31. The Balaban J connectivity index is 1.48. The first-order valence-electron chi connectivity index (χ1n) is 8.24. The van der Waals surface area contributed by atoms with Crippen LogP contribution in [-0.2, 0) is 11.3 Å². The van der Waals surface area contributed by atoms with Crippen LogP contribution in [0.5, 0.6) is 0 Å². The van der Waals surface area contributed by atoms with Crippen LogP contribution in [0.15, 0.2) is 34.3 Å². The fraction of sp³-hybridized carbons (Fsp3) is 0.353. The standard InChI is InChI=1S/C17H18N4OS3/c22-15(20-7-1-3-13(20)12-6-10-24-11-12)5-8-21-16(18-19-17(21)23)14-4-2-9-25-14/h2,4,6,9-11,13H,1,3,5,7-8H2,(H,19,23). The van der Waals surface area contributed by atoms with Gasteiger partial charge >= 0.3 is 0 Å². The largest absolute Gasteiger partial charge is 0.336 e. The summed E-state index contributed by atoms with van der Waals surface area (Å²) < 4.78 is 2.49. The molecule has 8 heteroatoms. The first-order chi connectivity index (χ1) is 12.2. The lowest BCUT2D eigenvalue weighted by Gasteiger charge is -2.24. The third-order valence-corrected chi connectivity index (χ3v) is 6.43. The van der Waals surface area contributed by atoms with Gasteiger partial charge in [-0.05, 0) is 58.9 Å². The van der Waals surface area contributed by atoms with E-state index >= 15 is 0 Å². The molecule has 3 aromatic rings. The molecule has 4 heterocycles. The van der Waals surface area contributed by atoms with E-state index in [1.54, 1.807) is 22.7 Å². The number of hydrogen-bond acceptors (Lipinski definition) is 5. The fourth-order valence-corrected chi connectivity index (χ4v) is 5.00. The van der Waals surface area contributed by atoms with Crippen LogP contribution < -0.4 is 0 Å². The minimum Gasteiger partial charge on any atom is -0.336 e. The molecule has 0 aromatic carbocycles. The Morgan fingerprint density at radius 1 is 1.40 bits per heavy atom. The summed E-state index contributed by atoms with van der Waals surface area (Å²) in [6.45, 7) is 1.39. The van der Waals surface area contributed by atoms with Gasteiger partial charge in [-0.15, -0.1) is 11.3 Å². The molecular weight excluding hydrogens is 372 g/mol. The highest BCUT2D eigenvalue weighted by Crippen LogP contribution is 2.33. The molecule has 1 saturated heterocycles. The highest BCUT2D eigenvalue weighted by molar-refractivity contribution is 7.71. The molecule has 1 aliphatic heterocycles. The molecule has 1 unspecified atom stereocenters. The summed E-state index contributed by atoms with van der Waals surface area (Å²) in [6.07, 6.45) is 2.55. The summed E-state index contributed by atoms with van der Waals surface area (Å²) in [5, 5.41) is 13.4. The highest BCUT2D eigenvalue weighted by atomic mass is 32.1. The Bertz CT molecular complexity index is 895. The summed E-state index contributed by atoms with van der Waals surface area (Å²) >= 11 is 8.65. The van der Waals surface area contributed by atoms with Crippen LogP contribution in [0.4, 0.5) is 0 Å². The minimum absolute atomic E-state index is 0.189. The predicted octanol–water partition coefficient (Wildman–Crippen LogP) is 4.48. The van der Waals surface area contributed by atoms with Crippen molar-refractivity contribution >= 4 is 40.8 Å². The van der Waals surface area contributed by atoms with Gasteiger partial charge in [-0.2, -0.15) is 16.4 Å². The Morgan fingerprint density at radius 2 is 2.32 bits per heavy atom. The molecule has 4 rings (SSSR count). The maximum Gasteiger partial charge on any atom is 0.224 e. The summed E-state index contributed by atoms with van der Waals surface area (Å²) in [5.74, 6) is 0.998. The Labute approximate surface area is 158 Å². The second-order valence-electron chi connectivity index (χ2n) is 6.03. The smallest absolute Gasteiger partial charge is 0.224 e. The summed E-state index contributed by atoms with van der Waals surface area (Å²) in [6, 6.07) is 6.36. The van der Waals surface area contributed by atoms with Gasteiger partial charge in [-0.25, -0.2) is 0 Å². The first-order valence-corrected chi connectivity index (χ1v) is 10.5. The van der Waals surface area contributed by atoms with E-state index < -0.39 is 0 Å². The maximum absolute atomic E-state index is 12.8. The van der Waals surface area contributed by atoms with Crippen LogP contribution in [0.2, 0.25) is 0 Å². The molecule has 0 spiro atoms. The molecule has 1 fully saturated rings. The number of thiophene rings is 2. The van der Waals surface area contributed by atoms with Crippen molar-refractivity contribution in [1.82, 2.24) is 19.7 Å². The van der Waals surface area contributed by atoms with Crippen LogP contribution in [0.25, 0.3) is 10.7 Å². The van der Waals surface area contributed by atoms with E-state index in [-0.39, 0.29) is 11.9 Å². The third kappa shape index (κ3) is 3.33. The van der Waals surface area contributed by atoms with E-state index in [9.17, 15) is 4.79 Å². The Hall–Kier alpha value is -1.77. The average molecular weight is 391 g/mol. The van der Waals surface area contributed by atoms with Gasteiger partial charge in [0.05, 0.1) is 10.9 Å². The fourth-order valence-electron chi connectivity index (χ4n) is 3.35. The van der Waals surface area contributed by atoms with Gasteiger partial charge in [0.15, 0.2) is 10.6 Å². The van der Waals surface area contributed by atoms with Crippen molar-refractivity contribution in [2.24, 2.45) is 0 Å². The predicted molar refractivity (Wildman–Crippen MR) is 103 cm³/mol. The quantitative estimate of drug-likeness (QED) is 0.653. The molecule has 5 nitrogen and oxygen atoms in total. The molecule has 0 saturated carbocycles. The molecule has 1 amide bonds. The highest BCUT2D eigenvalue weighted by Gasteiger charge is 2.29. The third-order valence-electron chi connectivity index (χ3n) is 4.55. The van der Waals surface area contributed by atoms with Crippen molar-refractivity contribution in [3.05, 3.63) is 44.7 Å². The molecule has 1 aliphatic rings. The van der Waals surface area contributed by atoms with Gasteiger partial charge in [0.25, 0.3) is 0 Å². The second-order valence-corrected chi connectivity index (χ2v) is 8.15. The minimum atomic E-state index is 0.189. The Morgan fingerprint density at radius 3 is 3.08 bits per heavy atom. The molecule has 130 valence electrons. The maximum atomic E-state index is 12.8. The number of likely N-dealkylation sites (tertiary alicyclic amines) is 1. The first kappa shape index (κ1) is 16.7. The number of nitrogens with zero attached hydrogens (tertiary/aromatic N) is 3. The van der Waals surface area contributed by atoms with Gasteiger partial charge in [0.1, 0.15) is 0 Å². The van der Waals surface area contributed by atoms with E-state index in [0.29, 0.717) is 17.7 Å². The molecule has 25 heavy (non-hydrogen) atoms. The van der Waals surface area contributed by atoms with Gasteiger partial charge in [-0.1, -0.05) is 6.07 Å². The molecule has 1 N–H and O–H groups in total. The summed E-state index contributed by atoms with van der Waals surface area (Å²) in [5.41, 5.74) is 1.26. The van der Waals surface area contributed by atoms with E-state index in [4.69, 9.17) is 12.2 Å². The topological polar surface area (TPSA) is 53.9 Å². The van der Waals surface area contributed by atoms with Gasteiger partial charge in [-0.3, -0.25) is 14.5 Å². The zero-order valence-corrected chi connectivity index (χ0v) is 16.0. The van der Waals surface area contributed by atoms with Crippen LogP contribution in [0.1, 0.15) is 30.9 Å². The van der Waals surface area contributed by atoms with Crippen molar-refractivity contribution in [1.29, 1.82) is 0 Å². The van der Waals surface area contributed by atoms with Crippen molar-refractivity contribution in [2.45, 2.75) is 31.8 Å². The van der Waals surface area contributed by atoms with Crippen LogP contribution in [0.3, 0.4) is 0 Å². The number of H-pyrrole nitrogens is 1. The number of aromatic nitrogens is 3. The van der Waals surface area contributed by atoms with Crippen LogP contribution in [-0.4, -0.2) is 32.1 Å². The molecule has 0 radical (unpaired) electrons. The molecule has 3 aromatic heterocycles. The van der Waals surface area contributed by atoms with Gasteiger partial charge < -0.3 is 4.90 Å². The Kier molecular flexibility index (Phi) is 4.82. The summed E-state index contributed by atoms with van der Waals surface area (Å²) in [4.78, 5) is 15.9. The number of nitrogens with one attached hydrogen (secondary N) is 1. The molecule has 0 bridgehead atoms. The van der Waals surface area contributed by atoms with Gasteiger partial charge in [0.2, 0.25) is 5.91 Å². The lowest BCUT2D eigenvalue weighted by atomic mass is 10.1. The van der Waals surface area contributed by atoms with Crippen molar-refractivity contribution in [3.63, 3.8) is 0 Å². The molecule has 1 atom stereocenters. The van der Waals surface area contributed by atoms with Crippen molar-refractivity contribution in [2.75, 3.05) is 6.54 Å². The number of hydrogen-bond donors (Lipinski definition) is 1.